The maximum atomic E-state index is 10.6. The molecule has 80 valence electrons. The molecular formula is C9H10N2O4. The molecule has 0 saturated carbocycles. The third-order valence-corrected chi connectivity index (χ3v) is 2.56. The van der Waals surface area contributed by atoms with Crippen molar-refractivity contribution in [1.29, 1.82) is 0 Å². The minimum atomic E-state index is -0.602. The highest BCUT2D eigenvalue weighted by molar-refractivity contribution is 5.58. The van der Waals surface area contributed by atoms with Crippen LogP contribution in [0.3, 0.4) is 0 Å². The molecular weight excluding hydrogens is 200 g/mol. The Labute approximate surface area is 85.8 Å². The van der Waals surface area contributed by atoms with Crippen molar-refractivity contribution in [2.75, 3.05) is 0 Å². The van der Waals surface area contributed by atoms with E-state index in [0.29, 0.717) is 16.7 Å². The minimum Gasteiger partial charge on any atom is -0.258 e. The first kappa shape index (κ1) is 11.1. The van der Waals surface area contributed by atoms with E-state index in [4.69, 9.17) is 0 Å². The third kappa shape index (κ3) is 1.78. The van der Waals surface area contributed by atoms with Gasteiger partial charge in [0.2, 0.25) is 0 Å². The van der Waals surface area contributed by atoms with Gasteiger partial charge in [0.1, 0.15) is 0 Å². The van der Waals surface area contributed by atoms with Gasteiger partial charge in [0.05, 0.1) is 15.9 Å². The standard InChI is InChI=1S/C9H10N2O4/c1-5-6(2)8(10(12)13)4-9(7(5)3)11(14)15/h4H,1-3H3. The van der Waals surface area contributed by atoms with Crippen LogP contribution in [0.5, 0.6) is 0 Å². The lowest BCUT2D eigenvalue weighted by Crippen LogP contribution is -2.00. The van der Waals surface area contributed by atoms with Gasteiger partial charge in [-0.3, -0.25) is 20.2 Å². The molecule has 0 unspecified atom stereocenters. The average molecular weight is 210 g/mol. The molecule has 0 radical (unpaired) electrons. The van der Waals surface area contributed by atoms with Gasteiger partial charge in [-0.2, -0.15) is 0 Å². The Morgan fingerprint density at radius 3 is 1.47 bits per heavy atom. The Morgan fingerprint density at radius 1 is 0.867 bits per heavy atom. The minimum absolute atomic E-state index is 0.204. The van der Waals surface area contributed by atoms with Crippen molar-refractivity contribution in [1.82, 2.24) is 0 Å². The van der Waals surface area contributed by atoms with E-state index in [0.717, 1.165) is 6.07 Å². The predicted molar refractivity (Wildman–Crippen MR) is 54.0 cm³/mol. The molecule has 0 aliphatic carbocycles. The smallest absolute Gasteiger partial charge is 0.258 e. The van der Waals surface area contributed by atoms with E-state index in [1.165, 1.54) is 0 Å². The van der Waals surface area contributed by atoms with Gasteiger partial charge in [0, 0.05) is 11.1 Å². The number of hydrogen-bond donors (Lipinski definition) is 0. The van der Waals surface area contributed by atoms with Crippen LogP contribution in [-0.4, -0.2) is 9.85 Å². The zero-order valence-electron chi connectivity index (χ0n) is 8.60. The highest BCUT2D eigenvalue weighted by Gasteiger charge is 2.23. The van der Waals surface area contributed by atoms with Crippen LogP contribution in [0.2, 0.25) is 0 Å². The van der Waals surface area contributed by atoms with Crippen LogP contribution < -0.4 is 0 Å². The van der Waals surface area contributed by atoms with E-state index in [1.54, 1.807) is 20.8 Å². The fourth-order valence-electron chi connectivity index (χ4n) is 1.39. The van der Waals surface area contributed by atoms with Gasteiger partial charge in [0.25, 0.3) is 11.4 Å². The van der Waals surface area contributed by atoms with Crippen LogP contribution >= 0.6 is 0 Å². The Kier molecular flexibility index (Phi) is 2.69. The van der Waals surface area contributed by atoms with Crippen molar-refractivity contribution >= 4 is 11.4 Å². The second kappa shape index (κ2) is 3.64. The second-order valence-electron chi connectivity index (χ2n) is 3.30. The molecule has 6 nitrogen and oxygen atoms in total. The lowest BCUT2D eigenvalue weighted by Gasteiger charge is -2.05. The number of hydrogen-bond acceptors (Lipinski definition) is 4. The quantitative estimate of drug-likeness (QED) is 0.554. The van der Waals surface area contributed by atoms with Gasteiger partial charge in [-0.25, -0.2) is 0 Å². The van der Waals surface area contributed by atoms with Gasteiger partial charge in [-0.05, 0) is 26.3 Å². The molecule has 0 aliphatic rings. The zero-order valence-corrected chi connectivity index (χ0v) is 8.60. The van der Waals surface area contributed by atoms with Crippen LogP contribution in [0.4, 0.5) is 11.4 Å². The van der Waals surface area contributed by atoms with E-state index in [1.807, 2.05) is 0 Å². The summed E-state index contributed by atoms with van der Waals surface area (Å²) in [5.41, 5.74) is 1.14. The molecule has 0 aliphatic heterocycles. The van der Waals surface area contributed by atoms with E-state index >= 15 is 0 Å². The fraction of sp³-hybridized carbons (Fsp3) is 0.333. The second-order valence-corrected chi connectivity index (χ2v) is 3.30. The summed E-state index contributed by atoms with van der Waals surface area (Å²) < 4.78 is 0. The van der Waals surface area contributed by atoms with E-state index < -0.39 is 9.85 Å². The predicted octanol–water partition coefficient (Wildman–Crippen LogP) is 2.43. The van der Waals surface area contributed by atoms with Gasteiger partial charge in [-0.15, -0.1) is 0 Å². The highest BCUT2D eigenvalue weighted by Crippen LogP contribution is 2.31. The van der Waals surface area contributed by atoms with Crippen LogP contribution in [0.15, 0.2) is 6.07 Å². The molecule has 1 aromatic carbocycles. The van der Waals surface area contributed by atoms with Crippen molar-refractivity contribution in [3.05, 3.63) is 43.0 Å². The Balaban J connectivity index is 3.59. The van der Waals surface area contributed by atoms with Gasteiger partial charge >= 0.3 is 0 Å². The Morgan fingerprint density at radius 2 is 1.20 bits per heavy atom. The van der Waals surface area contributed by atoms with Crippen LogP contribution in [0, 0.1) is 41.0 Å². The van der Waals surface area contributed by atoms with Crippen molar-refractivity contribution in [2.24, 2.45) is 0 Å². The molecule has 0 fully saturated rings. The topological polar surface area (TPSA) is 86.3 Å². The molecule has 1 rings (SSSR count). The third-order valence-electron chi connectivity index (χ3n) is 2.56. The summed E-state index contributed by atoms with van der Waals surface area (Å²) in [7, 11) is 0. The van der Waals surface area contributed by atoms with Crippen molar-refractivity contribution < 1.29 is 9.85 Å². The molecule has 0 saturated heterocycles. The number of nitrogens with zero attached hydrogens (tertiary/aromatic N) is 2. The van der Waals surface area contributed by atoms with Gasteiger partial charge in [0.15, 0.2) is 0 Å². The van der Waals surface area contributed by atoms with E-state index in [9.17, 15) is 20.2 Å². The zero-order chi connectivity index (χ0) is 11.7. The summed E-state index contributed by atoms with van der Waals surface area (Å²) in [5.74, 6) is 0. The molecule has 0 N–H and O–H groups in total. The fourth-order valence-corrected chi connectivity index (χ4v) is 1.39. The lowest BCUT2D eigenvalue weighted by molar-refractivity contribution is -0.394. The number of nitro groups is 2. The summed E-state index contributed by atoms with van der Waals surface area (Å²) >= 11 is 0. The van der Waals surface area contributed by atoms with Crippen molar-refractivity contribution in [3.63, 3.8) is 0 Å². The number of rotatable bonds is 2. The molecule has 15 heavy (non-hydrogen) atoms. The average Bonchev–Trinajstić information content (AvgIpc) is 2.13. The molecule has 1 aromatic rings. The Bertz CT molecular complexity index is 416. The summed E-state index contributed by atoms with van der Waals surface area (Å²) in [5, 5.41) is 21.3. The SMILES string of the molecule is Cc1c([N+](=O)[O-])cc([N+](=O)[O-])c(C)c1C. The molecule has 6 heteroatoms. The maximum absolute atomic E-state index is 10.6. The summed E-state index contributed by atoms with van der Waals surface area (Å²) in [6.07, 6.45) is 0. The molecule has 0 heterocycles. The molecule has 0 spiro atoms. The normalized spacial score (nSPS) is 10.1. The molecule has 0 amide bonds. The first-order valence-electron chi connectivity index (χ1n) is 4.25. The highest BCUT2D eigenvalue weighted by atomic mass is 16.6. The Hall–Kier alpha value is -1.98. The lowest BCUT2D eigenvalue weighted by atomic mass is 10.0. The van der Waals surface area contributed by atoms with Gasteiger partial charge < -0.3 is 0 Å². The largest absolute Gasteiger partial charge is 0.279 e. The molecule has 0 bridgehead atoms. The summed E-state index contributed by atoms with van der Waals surface area (Å²) in [6, 6.07) is 1.01. The molecule has 0 atom stereocenters. The first-order chi connectivity index (χ1) is 6.86. The van der Waals surface area contributed by atoms with Crippen molar-refractivity contribution in [3.8, 4) is 0 Å². The molecule has 0 aromatic heterocycles. The van der Waals surface area contributed by atoms with Gasteiger partial charge in [-0.1, -0.05) is 0 Å². The number of nitro benzene ring substituents is 2. The van der Waals surface area contributed by atoms with Crippen LogP contribution in [0.25, 0.3) is 0 Å². The van der Waals surface area contributed by atoms with Crippen LogP contribution in [-0.2, 0) is 0 Å². The summed E-state index contributed by atoms with van der Waals surface area (Å²) in [6.45, 7) is 4.82. The number of benzene rings is 1. The van der Waals surface area contributed by atoms with Crippen LogP contribution in [0.1, 0.15) is 16.7 Å². The van der Waals surface area contributed by atoms with Crippen molar-refractivity contribution in [2.45, 2.75) is 20.8 Å². The van der Waals surface area contributed by atoms with E-state index in [-0.39, 0.29) is 11.4 Å². The van der Waals surface area contributed by atoms with E-state index in [2.05, 4.69) is 0 Å². The summed E-state index contributed by atoms with van der Waals surface area (Å²) in [4.78, 5) is 20.1. The first-order valence-corrected chi connectivity index (χ1v) is 4.25. The maximum Gasteiger partial charge on any atom is 0.279 e. The monoisotopic (exact) mass is 210 g/mol.